The van der Waals surface area contributed by atoms with Gasteiger partial charge in [-0.3, -0.25) is 9.52 Å². The van der Waals surface area contributed by atoms with Crippen molar-refractivity contribution in [1.29, 1.82) is 0 Å². The minimum absolute atomic E-state index is 0.0294. The van der Waals surface area contributed by atoms with Gasteiger partial charge in [0.15, 0.2) is 0 Å². The highest BCUT2D eigenvalue weighted by Crippen LogP contribution is 2.48. The van der Waals surface area contributed by atoms with Crippen LogP contribution < -0.4 is 10.0 Å². The molecule has 1 unspecified atom stereocenters. The molecule has 2 aromatic carbocycles. The van der Waals surface area contributed by atoms with Crippen molar-refractivity contribution in [2.75, 3.05) is 17.9 Å². The number of carbonyl (C=O) groups excluding carboxylic acids is 1. The van der Waals surface area contributed by atoms with Crippen LogP contribution >= 0.6 is 0 Å². The number of nitrogens with one attached hydrogen (secondary N) is 2. The number of hydrogen-bond acceptors (Lipinski definition) is 4. The topological polar surface area (TPSA) is 84.5 Å². The number of benzene rings is 2. The van der Waals surface area contributed by atoms with Gasteiger partial charge in [-0.2, -0.15) is 0 Å². The van der Waals surface area contributed by atoms with Crippen LogP contribution in [0.25, 0.3) is 0 Å². The molecule has 0 spiro atoms. The molecular weight excluding hydrogens is 400 g/mol. The van der Waals surface area contributed by atoms with Crippen molar-refractivity contribution in [2.24, 2.45) is 0 Å². The van der Waals surface area contributed by atoms with E-state index in [9.17, 15) is 13.2 Å². The molecule has 0 bridgehead atoms. The standard InChI is InChI=1S/C23H28N2O4S/c1-16-5-6-17(2)21(14-16)30(27,28)25-19-9-7-18(8-10-19)23(11-12-23)22(26)24-15-20-4-3-13-29-20/h5-10,14,20,25H,3-4,11-13,15H2,1-2H3,(H,24,26). The Morgan fingerprint density at radius 3 is 2.50 bits per heavy atom. The molecule has 2 N–H and O–H groups in total. The Bertz CT molecular complexity index is 1040. The molecule has 1 atom stereocenters. The number of aryl methyl sites for hydroxylation is 2. The number of carbonyl (C=O) groups is 1. The summed E-state index contributed by atoms with van der Waals surface area (Å²) in [6.07, 6.45) is 3.76. The smallest absolute Gasteiger partial charge is 0.262 e. The molecule has 1 saturated heterocycles. The zero-order chi connectivity index (χ0) is 21.4. The molecule has 7 heteroatoms. The van der Waals surface area contributed by atoms with Crippen LogP contribution in [-0.4, -0.2) is 33.6 Å². The van der Waals surface area contributed by atoms with Gasteiger partial charge in [-0.1, -0.05) is 24.3 Å². The molecule has 1 aliphatic heterocycles. The molecule has 6 nitrogen and oxygen atoms in total. The van der Waals surface area contributed by atoms with Gasteiger partial charge >= 0.3 is 0 Å². The maximum atomic E-state index is 12.8. The van der Waals surface area contributed by atoms with Gasteiger partial charge in [0.25, 0.3) is 10.0 Å². The first-order valence-corrected chi connectivity index (χ1v) is 11.9. The molecule has 1 amide bonds. The summed E-state index contributed by atoms with van der Waals surface area (Å²) in [6.45, 7) is 4.97. The lowest BCUT2D eigenvalue weighted by Crippen LogP contribution is -2.39. The average molecular weight is 429 g/mol. The molecule has 2 fully saturated rings. The molecule has 1 aliphatic carbocycles. The highest BCUT2D eigenvalue weighted by molar-refractivity contribution is 7.92. The Kier molecular flexibility index (Phi) is 5.59. The summed E-state index contributed by atoms with van der Waals surface area (Å²) in [5, 5.41) is 3.04. The van der Waals surface area contributed by atoms with Crippen molar-refractivity contribution in [3.63, 3.8) is 0 Å². The second kappa shape index (κ2) is 8.04. The number of amides is 1. The quantitative estimate of drug-likeness (QED) is 0.708. The molecule has 2 aromatic rings. The van der Waals surface area contributed by atoms with Gasteiger partial charge in [0, 0.05) is 18.8 Å². The van der Waals surface area contributed by atoms with Crippen LogP contribution in [0.15, 0.2) is 47.4 Å². The van der Waals surface area contributed by atoms with E-state index in [0.717, 1.165) is 43.4 Å². The summed E-state index contributed by atoms with van der Waals surface area (Å²) >= 11 is 0. The molecular formula is C23H28N2O4S. The molecule has 30 heavy (non-hydrogen) atoms. The molecule has 160 valence electrons. The number of sulfonamides is 1. The summed E-state index contributed by atoms with van der Waals surface area (Å²) < 4.78 is 33.8. The van der Waals surface area contributed by atoms with Crippen molar-refractivity contribution < 1.29 is 17.9 Å². The molecule has 4 rings (SSSR count). The Balaban J connectivity index is 1.45. The second-order valence-electron chi connectivity index (χ2n) is 8.38. The lowest BCUT2D eigenvalue weighted by molar-refractivity contribution is -0.124. The van der Waals surface area contributed by atoms with Crippen LogP contribution in [0, 0.1) is 13.8 Å². The fourth-order valence-corrected chi connectivity index (χ4v) is 5.41. The van der Waals surface area contributed by atoms with Gasteiger partial charge in [-0.15, -0.1) is 0 Å². The number of anilines is 1. The van der Waals surface area contributed by atoms with E-state index in [4.69, 9.17) is 4.74 Å². The largest absolute Gasteiger partial charge is 0.376 e. The Labute approximate surface area is 178 Å². The first kappa shape index (κ1) is 20.9. The summed E-state index contributed by atoms with van der Waals surface area (Å²) in [5.41, 5.74) is 2.49. The van der Waals surface area contributed by atoms with Gasteiger partial charge in [-0.05, 0) is 74.4 Å². The molecule has 1 heterocycles. The SMILES string of the molecule is Cc1ccc(C)c(S(=O)(=O)Nc2ccc(C3(C(=O)NCC4CCCO4)CC3)cc2)c1. The molecule has 0 radical (unpaired) electrons. The summed E-state index contributed by atoms with van der Waals surface area (Å²) in [7, 11) is -3.68. The van der Waals surface area contributed by atoms with Crippen LogP contribution in [0.2, 0.25) is 0 Å². The number of ether oxygens (including phenoxy) is 1. The van der Waals surface area contributed by atoms with Crippen molar-refractivity contribution in [3.8, 4) is 0 Å². The molecule has 1 saturated carbocycles. The van der Waals surface area contributed by atoms with E-state index in [-0.39, 0.29) is 16.9 Å². The molecule has 2 aliphatic rings. The molecule has 0 aromatic heterocycles. The first-order chi connectivity index (χ1) is 14.3. The van der Waals surface area contributed by atoms with E-state index >= 15 is 0 Å². The third-order valence-corrected chi connectivity index (χ3v) is 7.55. The third-order valence-electron chi connectivity index (χ3n) is 6.02. The normalized spacial score (nSPS) is 20.0. The van der Waals surface area contributed by atoms with Crippen LogP contribution in [0.5, 0.6) is 0 Å². The van der Waals surface area contributed by atoms with Crippen molar-refractivity contribution >= 4 is 21.6 Å². The average Bonchev–Trinajstić information content (AvgIpc) is 3.36. The van der Waals surface area contributed by atoms with Crippen LogP contribution in [-0.2, 0) is 25.0 Å². The monoisotopic (exact) mass is 428 g/mol. The lowest BCUT2D eigenvalue weighted by Gasteiger charge is -2.18. The van der Waals surface area contributed by atoms with E-state index in [0.29, 0.717) is 17.8 Å². The van der Waals surface area contributed by atoms with Crippen LogP contribution in [0.4, 0.5) is 5.69 Å². The highest BCUT2D eigenvalue weighted by Gasteiger charge is 2.51. The predicted molar refractivity (Wildman–Crippen MR) is 116 cm³/mol. The number of hydrogen-bond donors (Lipinski definition) is 2. The van der Waals surface area contributed by atoms with Crippen LogP contribution in [0.1, 0.15) is 42.4 Å². The van der Waals surface area contributed by atoms with E-state index < -0.39 is 15.4 Å². The predicted octanol–water partition coefficient (Wildman–Crippen LogP) is 3.43. The Morgan fingerprint density at radius 2 is 1.87 bits per heavy atom. The highest BCUT2D eigenvalue weighted by atomic mass is 32.2. The Hall–Kier alpha value is -2.38. The van der Waals surface area contributed by atoms with E-state index in [1.54, 1.807) is 31.2 Å². The van der Waals surface area contributed by atoms with Gasteiger partial charge < -0.3 is 10.1 Å². The Morgan fingerprint density at radius 1 is 1.13 bits per heavy atom. The minimum Gasteiger partial charge on any atom is -0.376 e. The van der Waals surface area contributed by atoms with Gasteiger partial charge in [0.1, 0.15) is 0 Å². The summed E-state index contributed by atoms with van der Waals surface area (Å²) in [4.78, 5) is 13.1. The number of rotatable bonds is 7. The van der Waals surface area contributed by atoms with Gasteiger partial charge in [-0.25, -0.2) is 8.42 Å². The summed E-state index contributed by atoms with van der Waals surface area (Å²) in [6, 6.07) is 12.5. The van der Waals surface area contributed by atoms with Crippen molar-refractivity contribution in [2.45, 2.75) is 55.9 Å². The van der Waals surface area contributed by atoms with Crippen molar-refractivity contribution in [1.82, 2.24) is 5.32 Å². The zero-order valence-electron chi connectivity index (χ0n) is 17.4. The third kappa shape index (κ3) is 4.23. The fraction of sp³-hybridized carbons (Fsp3) is 0.435. The van der Waals surface area contributed by atoms with E-state index in [1.807, 2.05) is 25.1 Å². The van der Waals surface area contributed by atoms with Gasteiger partial charge in [0.2, 0.25) is 5.91 Å². The lowest BCUT2D eigenvalue weighted by atomic mass is 9.94. The van der Waals surface area contributed by atoms with Crippen LogP contribution in [0.3, 0.4) is 0 Å². The second-order valence-corrected chi connectivity index (χ2v) is 10.0. The van der Waals surface area contributed by atoms with E-state index in [2.05, 4.69) is 10.0 Å². The minimum atomic E-state index is -3.68. The first-order valence-electron chi connectivity index (χ1n) is 10.4. The zero-order valence-corrected chi connectivity index (χ0v) is 18.2. The fourth-order valence-electron chi connectivity index (χ4n) is 4.02. The van der Waals surface area contributed by atoms with Crippen molar-refractivity contribution in [3.05, 3.63) is 59.2 Å². The maximum Gasteiger partial charge on any atom is 0.262 e. The van der Waals surface area contributed by atoms with Gasteiger partial charge in [0.05, 0.1) is 16.4 Å². The maximum absolute atomic E-state index is 12.8. The summed E-state index contributed by atoms with van der Waals surface area (Å²) in [5.74, 6) is 0.0294. The van der Waals surface area contributed by atoms with E-state index in [1.165, 1.54) is 0 Å².